The van der Waals surface area contributed by atoms with Gasteiger partial charge in [0.1, 0.15) is 0 Å². The molecule has 1 aromatic heterocycles. The molecule has 0 radical (unpaired) electrons. The first kappa shape index (κ1) is 18.1. The van der Waals surface area contributed by atoms with E-state index in [1.165, 1.54) is 11.3 Å². The highest BCUT2D eigenvalue weighted by Crippen LogP contribution is 2.27. The minimum atomic E-state index is -0.327. The first-order valence-corrected chi connectivity index (χ1v) is 9.62. The topological polar surface area (TPSA) is 67.4 Å². The third-order valence-corrected chi connectivity index (χ3v) is 5.68. The number of fused-ring (bicyclic) bond motifs is 3. The van der Waals surface area contributed by atoms with Crippen molar-refractivity contribution in [2.24, 2.45) is 4.99 Å². The number of ether oxygens (including phenoxy) is 1. The van der Waals surface area contributed by atoms with E-state index in [-0.39, 0.29) is 5.91 Å². The molecule has 0 aliphatic heterocycles. The highest BCUT2D eigenvalue weighted by atomic mass is 32.1. The van der Waals surface area contributed by atoms with Crippen LogP contribution in [0.5, 0.6) is 0 Å². The highest BCUT2D eigenvalue weighted by Gasteiger charge is 2.11. The predicted molar refractivity (Wildman–Crippen MR) is 110 cm³/mol. The number of nitriles is 1. The average molecular weight is 387 g/mol. The molecule has 1 amide bonds. The van der Waals surface area contributed by atoms with Crippen molar-refractivity contribution in [1.29, 1.82) is 5.26 Å². The Morgan fingerprint density at radius 2 is 1.93 bits per heavy atom. The number of nitrogens with zero attached hydrogens (tertiary/aromatic N) is 3. The summed E-state index contributed by atoms with van der Waals surface area (Å²) >= 11 is 1.50. The van der Waals surface area contributed by atoms with Gasteiger partial charge in [-0.1, -0.05) is 41.7 Å². The maximum absolute atomic E-state index is 12.7. The standard InChI is InChI=1S/C22H17N3O2S/c1-27-13-12-25-19-11-10-16-4-2-3-5-18(16)20(19)28-22(25)24-21(26)17-8-6-15(14-23)7-9-17/h2-11H,12-13H2,1H3. The fourth-order valence-electron chi connectivity index (χ4n) is 3.12. The molecule has 0 spiro atoms. The predicted octanol–water partition coefficient (Wildman–Crippen LogP) is 4.12. The van der Waals surface area contributed by atoms with Gasteiger partial charge in [0.2, 0.25) is 0 Å². The van der Waals surface area contributed by atoms with Crippen molar-refractivity contribution >= 4 is 38.2 Å². The Hall–Kier alpha value is -3.27. The van der Waals surface area contributed by atoms with Crippen molar-refractivity contribution < 1.29 is 9.53 Å². The molecular weight excluding hydrogens is 370 g/mol. The summed E-state index contributed by atoms with van der Waals surface area (Å²) in [6, 6.07) is 20.9. The zero-order valence-electron chi connectivity index (χ0n) is 15.3. The average Bonchev–Trinajstić information content (AvgIpc) is 3.09. The molecule has 28 heavy (non-hydrogen) atoms. The monoisotopic (exact) mass is 387 g/mol. The molecule has 0 saturated heterocycles. The number of thiazole rings is 1. The van der Waals surface area contributed by atoms with E-state index >= 15 is 0 Å². The van der Waals surface area contributed by atoms with Crippen molar-refractivity contribution in [3.63, 3.8) is 0 Å². The summed E-state index contributed by atoms with van der Waals surface area (Å²) in [7, 11) is 1.66. The van der Waals surface area contributed by atoms with Crippen LogP contribution < -0.4 is 4.80 Å². The van der Waals surface area contributed by atoms with Gasteiger partial charge >= 0.3 is 0 Å². The summed E-state index contributed by atoms with van der Waals surface area (Å²) in [5.41, 5.74) is 2.01. The molecule has 0 fully saturated rings. The lowest BCUT2D eigenvalue weighted by Crippen LogP contribution is -2.19. The highest BCUT2D eigenvalue weighted by molar-refractivity contribution is 7.17. The van der Waals surface area contributed by atoms with Crippen LogP contribution in [-0.4, -0.2) is 24.2 Å². The second-order valence-electron chi connectivity index (χ2n) is 6.27. The lowest BCUT2D eigenvalue weighted by Gasteiger charge is -2.05. The molecule has 138 valence electrons. The van der Waals surface area contributed by atoms with E-state index in [0.29, 0.717) is 29.1 Å². The number of benzene rings is 3. The number of carbonyl (C=O) groups is 1. The molecule has 4 aromatic rings. The van der Waals surface area contributed by atoms with E-state index in [1.807, 2.05) is 16.7 Å². The van der Waals surface area contributed by atoms with E-state index in [0.717, 1.165) is 21.0 Å². The summed E-state index contributed by atoms with van der Waals surface area (Å²) in [6.45, 7) is 1.13. The molecule has 1 heterocycles. The molecule has 3 aromatic carbocycles. The van der Waals surface area contributed by atoms with E-state index < -0.39 is 0 Å². The van der Waals surface area contributed by atoms with Crippen LogP contribution in [0, 0.1) is 11.3 Å². The molecule has 4 rings (SSSR count). The zero-order chi connectivity index (χ0) is 19.5. The maximum atomic E-state index is 12.7. The van der Waals surface area contributed by atoms with Crippen molar-refractivity contribution in [3.05, 3.63) is 76.6 Å². The second-order valence-corrected chi connectivity index (χ2v) is 7.25. The molecule has 0 unspecified atom stereocenters. The number of methoxy groups -OCH3 is 1. The summed E-state index contributed by atoms with van der Waals surface area (Å²) < 4.78 is 8.37. The Kier molecular flexibility index (Phi) is 5.02. The number of hydrogen-bond acceptors (Lipinski definition) is 4. The number of amides is 1. The fraction of sp³-hybridized carbons (Fsp3) is 0.136. The van der Waals surface area contributed by atoms with Crippen LogP contribution in [0.15, 0.2) is 65.7 Å². The molecule has 5 nitrogen and oxygen atoms in total. The van der Waals surface area contributed by atoms with Crippen LogP contribution in [0.2, 0.25) is 0 Å². The van der Waals surface area contributed by atoms with Crippen LogP contribution in [0.1, 0.15) is 15.9 Å². The van der Waals surface area contributed by atoms with Crippen molar-refractivity contribution in [2.45, 2.75) is 6.54 Å². The SMILES string of the molecule is COCCn1c(=NC(=O)c2ccc(C#N)cc2)sc2c3ccccc3ccc21. The Morgan fingerprint density at radius 3 is 2.68 bits per heavy atom. The van der Waals surface area contributed by atoms with Gasteiger partial charge in [0.25, 0.3) is 5.91 Å². The molecular formula is C22H17N3O2S. The summed E-state index contributed by atoms with van der Waals surface area (Å²) in [5, 5.41) is 11.2. The largest absolute Gasteiger partial charge is 0.383 e. The Morgan fingerprint density at radius 1 is 1.14 bits per heavy atom. The summed E-state index contributed by atoms with van der Waals surface area (Å²) in [6.07, 6.45) is 0. The fourth-order valence-corrected chi connectivity index (χ4v) is 4.31. The molecule has 0 aliphatic rings. The van der Waals surface area contributed by atoms with Gasteiger partial charge < -0.3 is 9.30 Å². The minimum absolute atomic E-state index is 0.327. The van der Waals surface area contributed by atoms with Gasteiger partial charge in [-0.15, -0.1) is 0 Å². The van der Waals surface area contributed by atoms with E-state index in [1.54, 1.807) is 31.4 Å². The lowest BCUT2D eigenvalue weighted by molar-refractivity contribution is 0.0997. The first-order valence-electron chi connectivity index (χ1n) is 8.80. The number of carbonyl (C=O) groups excluding carboxylic acids is 1. The number of hydrogen-bond donors (Lipinski definition) is 0. The van der Waals surface area contributed by atoms with Crippen LogP contribution in [0.25, 0.3) is 21.0 Å². The summed E-state index contributed by atoms with van der Waals surface area (Å²) in [5.74, 6) is -0.327. The summed E-state index contributed by atoms with van der Waals surface area (Å²) in [4.78, 5) is 17.7. The molecule has 0 N–H and O–H groups in total. The normalized spacial score (nSPS) is 11.8. The minimum Gasteiger partial charge on any atom is -0.383 e. The number of aromatic nitrogens is 1. The maximum Gasteiger partial charge on any atom is 0.279 e. The molecule has 0 aliphatic carbocycles. The van der Waals surface area contributed by atoms with Crippen molar-refractivity contribution in [1.82, 2.24) is 4.57 Å². The molecule has 6 heteroatoms. The van der Waals surface area contributed by atoms with Crippen molar-refractivity contribution in [3.8, 4) is 6.07 Å². The second kappa shape index (κ2) is 7.77. The van der Waals surface area contributed by atoms with Gasteiger partial charge in [0.05, 0.1) is 28.5 Å². The van der Waals surface area contributed by atoms with Gasteiger partial charge in [-0.25, -0.2) is 0 Å². The van der Waals surface area contributed by atoms with Crippen LogP contribution in [0.3, 0.4) is 0 Å². The Balaban J connectivity index is 1.88. The quantitative estimate of drug-likeness (QED) is 0.529. The van der Waals surface area contributed by atoms with Gasteiger partial charge in [-0.3, -0.25) is 4.79 Å². The van der Waals surface area contributed by atoms with Gasteiger partial charge in [-0.05, 0) is 35.7 Å². The molecule has 0 atom stereocenters. The van der Waals surface area contributed by atoms with E-state index in [4.69, 9.17) is 10.00 Å². The lowest BCUT2D eigenvalue weighted by atomic mass is 10.1. The Bertz CT molecular complexity index is 1280. The van der Waals surface area contributed by atoms with Crippen molar-refractivity contribution in [2.75, 3.05) is 13.7 Å². The third-order valence-electron chi connectivity index (χ3n) is 4.55. The smallest absolute Gasteiger partial charge is 0.279 e. The molecule has 0 saturated carbocycles. The van der Waals surface area contributed by atoms with Gasteiger partial charge in [0, 0.05) is 24.6 Å². The van der Waals surface area contributed by atoms with Gasteiger partial charge in [-0.2, -0.15) is 10.3 Å². The first-order chi connectivity index (χ1) is 13.7. The van der Waals surface area contributed by atoms with Crippen LogP contribution >= 0.6 is 11.3 Å². The van der Waals surface area contributed by atoms with Crippen LogP contribution in [0.4, 0.5) is 0 Å². The van der Waals surface area contributed by atoms with E-state index in [9.17, 15) is 4.79 Å². The Labute approximate surface area is 165 Å². The van der Waals surface area contributed by atoms with Gasteiger partial charge in [0.15, 0.2) is 4.80 Å². The molecule has 0 bridgehead atoms. The third kappa shape index (κ3) is 3.33. The van der Waals surface area contributed by atoms with E-state index in [2.05, 4.69) is 35.3 Å². The number of rotatable bonds is 4. The zero-order valence-corrected chi connectivity index (χ0v) is 16.1. The van der Waals surface area contributed by atoms with Crippen LogP contribution in [-0.2, 0) is 11.3 Å².